The Bertz CT molecular complexity index is 1340. The number of benzene rings is 2. The molecule has 31 heavy (non-hydrogen) atoms. The molecule has 0 saturated carbocycles. The first kappa shape index (κ1) is 23.1. The number of phenolic OH excluding ortho intramolecular Hbond substituents is 1. The van der Waals surface area contributed by atoms with Crippen molar-refractivity contribution in [2.75, 3.05) is 9.44 Å². The minimum Gasteiger partial charge on any atom is -0.505 e. The van der Waals surface area contributed by atoms with Crippen LogP contribution in [0.4, 0.5) is 11.5 Å². The highest BCUT2D eigenvalue weighted by atomic mass is 35.5. The fraction of sp³-hybridized carbons (Fsp3) is 0.111. The predicted octanol–water partition coefficient (Wildman–Crippen LogP) is 3.71. The van der Waals surface area contributed by atoms with E-state index < -0.39 is 30.7 Å². The van der Waals surface area contributed by atoms with Crippen molar-refractivity contribution < 1.29 is 21.9 Å². The van der Waals surface area contributed by atoms with E-state index in [9.17, 15) is 21.9 Å². The van der Waals surface area contributed by atoms with Crippen LogP contribution in [0.5, 0.6) is 5.75 Å². The number of sulfonamides is 2. The lowest BCUT2D eigenvalue weighted by Crippen LogP contribution is -2.16. The summed E-state index contributed by atoms with van der Waals surface area (Å²) in [5.41, 5.74) is 0.655. The second kappa shape index (κ2) is 8.50. The van der Waals surface area contributed by atoms with Gasteiger partial charge >= 0.3 is 0 Å². The summed E-state index contributed by atoms with van der Waals surface area (Å²) in [4.78, 5) is 7.48. The van der Waals surface area contributed by atoms with E-state index >= 15 is 0 Å². The van der Waals surface area contributed by atoms with Gasteiger partial charge in [-0.15, -0.1) is 0 Å². The van der Waals surface area contributed by atoms with Crippen molar-refractivity contribution in [3.8, 4) is 5.75 Å². The van der Waals surface area contributed by atoms with Crippen LogP contribution in [-0.4, -0.2) is 31.9 Å². The number of hydrogen-bond acceptors (Lipinski definition) is 7. The zero-order valence-electron chi connectivity index (χ0n) is 16.1. The zero-order valence-corrected chi connectivity index (χ0v) is 19.2. The first-order valence-corrected chi connectivity index (χ1v) is 12.3. The number of aromatic nitrogens is 2. The Morgan fingerprint density at radius 3 is 2.13 bits per heavy atom. The zero-order chi connectivity index (χ0) is 23.0. The average molecular weight is 503 g/mol. The van der Waals surface area contributed by atoms with Crippen LogP contribution in [0.25, 0.3) is 0 Å². The van der Waals surface area contributed by atoms with Gasteiger partial charge in [0.15, 0.2) is 5.75 Å². The lowest BCUT2D eigenvalue weighted by atomic mass is 10.3. The molecule has 3 N–H and O–H groups in total. The third-order valence-electron chi connectivity index (χ3n) is 3.90. The van der Waals surface area contributed by atoms with Gasteiger partial charge in [0.1, 0.15) is 16.5 Å². The second-order valence-corrected chi connectivity index (χ2v) is 10.6. The number of aryl methyl sites for hydroxylation is 2. The van der Waals surface area contributed by atoms with Gasteiger partial charge in [0.25, 0.3) is 20.0 Å². The Morgan fingerprint density at radius 2 is 1.52 bits per heavy atom. The van der Waals surface area contributed by atoms with Gasteiger partial charge in [-0.3, -0.25) is 9.44 Å². The Balaban J connectivity index is 1.84. The minimum atomic E-state index is -4.25. The van der Waals surface area contributed by atoms with Crippen molar-refractivity contribution in [3.05, 3.63) is 64.0 Å². The molecule has 0 radical (unpaired) electrons. The molecule has 0 aliphatic carbocycles. The van der Waals surface area contributed by atoms with E-state index in [0.29, 0.717) is 11.5 Å². The molecule has 1 heterocycles. The number of nitrogens with zero attached hydrogens (tertiary/aromatic N) is 2. The summed E-state index contributed by atoms with van der Waals surface area (Å²) < 4.78 is 54.9. The Hall–Kier alpha value is -2.60. The SMILES string of the molecule is Cc1cc(NS(=O)(=O)c2ccc(NS(=O)(=O)c3cc(Cl)cc(Cl)c3O)cc2)nc(C)n1. The van der Waals surface area contributed by atoms with Crippen molar-refractivity contribution >= 4 is 54.8 Å². The van der Waals surface area contributed by atoms with Gasteiger partial charge in [-0.25, -0.2) is 26.8 Å². The van der Waals surface area contributed by atoms with E-state index in [4.69, 9.17) is 23.2 Å². The van der Waals surface area contributed by atoms with Crippen molar-refractivity contribution in [2.24, 2.45) is 0 Å². The molecule has 0 atom stereocenters. The number of anilines is 2. The fourth-order valence-electron chi connectivity index (χ4n) is 2.63. The molecule has 9 nitrogen and oxygen atoms in total. The van der Waals surface area contributed by atoms with E-state index in [1.165, 1.54) is 36.4 Å². The summed E-state index contributed by atoms with van der Waals surface area (Å²) in [7, 11) is -8.22. The summed E-state index contributed by atoms with van der Waals surface area (Å²) in [6.45, 7) is 3.34. The van der Waals surface area contributed by atoms with Crippen molar-refractivity contribution in [3.63, 3.8) is 0 Å². The van der Waals surface area contributed by atoms with E-state index in [2.05, 4.69) is 19.4 Å². The molecule has 164 valence electrons. The van der Waals surface area contributed by atoms with Crippen molar-refractivity contribution in [2.45, 2.75) is 23.6 Å². The molecule has 0 fully saturated rings. The van der Waals surface area contributed by atoms with Crippen LogP contribution in [0.2, 0.25) is 10.0 Å². The highest BCUT2D eigenvalue weighted by Crippen LogP contribution is 2.35. The molecule has 0 amide bonds. The Labute approximate surface area is 189 Å². The number of halogens is 2. The van der Waals surface area contributed by atoms with Crippen molar-refractivity contribution in [1.82, 2.24) is 9.97 Å². The molecule has 3 rings (SSSR count). The second-order valence-electron chi connectivity index (χ2n) is 6.41. The van der Waals surface area contributed by atoms with Gasteiger partial charge in [0.05, 0.1) is 9.92 Å². The van der Waals surface area contributed by atoms with Crippen LogP contribution >= 0.6 is 23.2 Å². The third-order valence-corrected chi connectivity index (χ3v) is 7.18. The number of nitrogens with one attached hydrogen (secondary N) is 2. The van der Waals surface area contributed by atoms with Crippen LogP contribution in [0.1, 0.15) is 11.5 Å². The highest BCUT2D eigenvalue weighted by molar-refractivity contribution is 7.93. The van der Waals surface area contributed by atoms with Gasteiger partial charge in [-0.05, 0) is 50.2 Å². The largest absolute Gasteiger partial charge is 0.505 e. The molecule has 3 aromatic rings. The van der Waals surface area contributed by atoms with Crippen molar-refractivity contribution in [1.29, 1.82) is 0 Å². The molecule has 0 aliphatic heterocycles. The van der Waals surface area contributed by atoms with Gasteiger partial charge in [0, 0.05) is 22.5 Å². The van der Waals surface area contributed by atoms with Crippen LogP contribution < -0.4 is 9.44 Å². The maximum absolute atomic E-state index is 12.6. The van der Waals surface area contributed by atoms with Gasteiger partial charge in [0.2, 0.25) is 0 Å². The van der Waals surface area contributed by atoms with E-state index in [1.54, 1.807) is 13.8 Å². The molecule has 0 aliphatic rings. The van der Waals surface area contributed by atoms with Gasteiger partial charge < -0.3 is 5.11 Å². The van der Waals surface area contributed by atoms with E-state index in [-0.39, 0.29) is 26.4 Å². The predicted molar refractivity (Wildman–Crippen MR) is 118 cm³/mol. The smallest absolute Gasteiger partial charge is 0.265 e. The van der Waals surface area contributed by atoms with Crippen LogP contribution in [0.15, 0.2) is 52.3 Å². The number of hydrogen-bond donors (Lipinski definition) is 3. The molecular weight excluding hydrogens is 487 g/mol. The molecule has 0 spiro atoms. The number of phenols is 1. The monoisotopic (exact) mass is 502 g/mol. The van der Waals surface area contributed by atoms with Crippen LogP contribution in [0.3, 0.4) is 0 Å². The summed E-state index contributed by atoms with van der Waals surface area (Å²) >= 11 is 11.6. The normalized spacial score (nSPS) is 11.9. The highest BCUT2D eigenvalue weighted by Gasteiger charge is 2.22. The summed E-state index contributed by atoms with van der Waals surface area (Å²) in [5.74, 6) is -0.132. The van der Waals surface area contributed by atoms with E-state index in [0.717, 1.165) is 6.07 Å². The lowest BCUT2D eigenvalue weighted by Gasteiger charge is -2.12. The summed E-state index contributed by atoms with van der Waals surface area (Å²) in [5, 5.41) is 9.75. The number of aromatic hydroxyl groups is 1. The van der Waals surface area contributed by atoms with Gasteiger partial charge in [-0.2, -0.15) is 0 Å². The van der Waals surface area contributed by atoms with Crippen LogP contribution in [0, 0.1) is 13.8 Å². The average Bonchev–Trinajstić information content (AvgIpc) is 2.63. The third kappa shape index (κ3) is 5.37. The maximum Gasteiger partial charge on any atom is 0.265 e. The first-order chi connectivity index (χ1) is 14.4. The Morgan fingerprint density at radius 1 is 0.871 bits per heavy atom. The van der Waals surface area contributed by atoms with E-state index in [1.807, 2.05) is 0 Å². The molecule has 1 aromatic heterocycles. The van der Waals surface area contributed by atoms with Gasteiger partial charge in [-0.1, -0.05) is 23.2 Å². The summed E-state index contributed by atoms with van der Waals surface area (Å²) in [6.07, 6.45) is 0. The molecule has 0 bridgehead atoms. The standard InChI is InChI=1S/C18H16Cl2N4O5S2/c1-10-7-17(22-11(2)21-10)24-30(26,27)14-5-3-13(4-6-14)23-31(28,29)16-9-12(19)8-15(20)18(16)25/h3-9,23,25H,1-2H3,(H,21,22,24). The first-order valence-electron chi connectivity index (χ1n) is 8.53. The Kier molecular flexibility index (Phi) is 6.33. The topological polar surface area (TPSA) is 138 Å². The molecule has 0 unspecified atom stereocenters. The maximum atomic E-state index is 12.6. The molecule has 2 aromatic carbocycles. The fourth-order valence-corrected chi connectivity index (χ4v) is 5.43. The number of rotatable bonds is 6. The molecular formula is C18H16Cl2N4O5S2. The molecule has 0 saturated heterocycles. The lowest BCUT2D eigenvalue weighted by molar-refractivity contribution is 0.459. The van der Waals surface area contributed by atoms with Crippen LogP contribution in [-0.2, 0) is 20.0 Å². The molecule has 13 heteroatoms. The summed E-state index contributed by atoms with van der Waals surface area (Å²) in [6, 6.07) is 8.66. The minimum absolute atomic E-state index is 0.0193. The quantitative estimate of drug-likeness (QED) is 0.466.